The molecule has 4 rings (SSSR count). The normalized spacial score (nSPS) is 15.1. The van der Waals surface area contributed by atoms with Crippen molar-refractivity contribution in [3.8, 4) is 5.75 Å². The van der Waals surface area contributed by atoms with Gasteiger partial charge in [0.15, 0.2) is 0 Å². The SMILES string of the molecule is O=S(=O)(Nc1ccncn1)c1ccc(N2CCN(Cc3ccc(O)cc3Cl)CC2)cc1. The minimum absolute atomic E-state index is 0.163. The summed E-state index contributed by atoms with van der Waals surface area (Å²) in [5.74, 6) is 0.389. The zero-order chi connectivity index (χ0) is 21.8. The zero-order valence-corrected chi connectivity index (χ0v) is 18.2. The van der Waals surface area contributed by atoms with Crippen molar-refractivity contribution < 1.29 is 13.5 Å². The van der Waals surface area contributed by atoms with Crippen LogP contribution in [0.3, 0.4) is 0 Å². The fourth-order valence-electron chi connectivity index (χ4n) is 3.45. The molecule has 0 atom stereocenters. The molecule has 0 amide bonds. The maximum Gasteiger partial charge on any atom is 0.263 e. The van der Waals surface area contributed by atoms with Gasteiger partial charge in [0.05, 0.1) is 4.90 Å². The van der Waals surface area contributed by atoms with Gasteiger partial charge in [0.25, 0.3) is 10.0 Å². The molecule has 0 saturated carbocycles. The smallest absolute Gasteiger partial charge is 0.263 e. The van der Waals surface area contributed by atoms with Crippen molar-refractivity contribution >= 4 is 33.1 Å². The van der Waals surface area contributed by atoms with Crippen molar-refractivity contribution in [2.75, 3.05) is 35.8 Å². The molecule has 1 aliphatic heterocycles. The Morgan fingerprint density at radius 1 is 1.03 bits per heavy atom. The number of anilines is 2. The van der Waals surface area contributed by atoms with Gasteiger partial charge < -0.3 is 10.0 Å². The van der Waals surface area contributed by atoms with Crippen molar-refractivity contribution in [3.63, 3.8) is 0 Å². The van der Waals surface area contributed by atoms with Gasteiger partial charge in [-0.2, -0.15) is 0 Å². The Balaban J connectivity index is 1.36. The molecule has 31 heavy (non-hydrogen) atoms. The first kappa shape index (κ1) is 21.4. The fraction of sp³-hybridized carbons (Fsp3) is 0.238. The highest BCUT2D eigenvalue weighted by molar-refractivity contribution is 7.92. The molecule has 0 aliphatic carbocycles. The van der Waals surface area contributed by atoms with Crippen LogP contribution in [0, 0.1) is 0 Å². The number of rotatable bonds is 6. The molecule has 3 aromatic rings. The van der Waals surface area contributed by atoms with Crippen LogP contribution >= 0.6 is 11.6 Å². The predicted molar refractivity (Wildman–Crippen MR) is 120 cm³/mol. The van der Waals surface area contributed by atoms with E-state index in [4.69, 9.17) is 11.6 Å². The Bertz CT molecular complexity index is 1140. The number of hydrogen-bond donors (Lipinski definition) is 2. The molecule has 2 aromatic carbocycles. The molecule has 1 aromatic heterocycles. The highest BCUT2D eigenvalue weighted by Gasteiger charge is 2.20. The second-order valence-corrected chi connectivity index (χ2v) is 9.32. The molecule has 10 heteroatoms. The van der Waals surface area contributed by atoms with Crippen molar-refractivity contribution in [2.24, 2.45) is 0 Å². The standard InChI is InChI=1S/C21H22ClN5O3S/c22-20-13-18(28)4-1-16(20)14-26-9-11-27(12-10-26)17-2-5-19(6-3-17)31(29,30)25-21-7-8-23-15-24-21/h1-8,13,15,28H,9-12,14H2,(H,23,24,25). The fourth-order valence-corrected chi connectivity index (χ4v) is 4.70. The number of phenolic OH excluding ortho intramolecular Hbond substituents is 1. The number of halogens is 1. The average Bonchev–Trinajstić information content (AvgIpc) is 2.77. The van der Waals surface area contributed by atoms with Gasteiger partial charge in [0.1, 0.15) is 17.9 Å². The van der Waals surface area contributed by atoms with Crippen LogP contribution in [0.15, 0.2) is 66.0 Å². The molecule has 2 heterocycles. The summed E-state index contributed by atoms with van der Waals surface area (Å²) in [6.07, 6.45) is 2.76. The van der Waals surface area contributed by atoms with Crippen LogP contribution in [0.4, 0.5) is 11.5 Å². The molecule has 0 unspecified atom stereocenters. The first-order chi connectivity index (χ1) is 14.9. The second-order valence-electron chi connectivity index (χ2n) is 7.23. The monoisotopic (exact) mass is 459 g/mol. The zero-order valence-electron chi connectivity index (χ0n) is 16.6. The van der Waals surface area contributed by atoms with E-state index in [0.29, 0.717) is 5.02 Å². The van der Waals surface area contributed by atoms with E-state index in [1.807, 2.05) is 18.2 Å². The third-order valence-electron chi connectivity index (χ3n) is 5.14. The van der Waals surface area contributed by atoms with E-state index in [9.17, 15) is 13.5 Å². The van der Waals surface area contributed by atoms with Crippen LogP contribution in [0.1, 0.15) is 5.56 Å². The minimum Gasteiger partial charge on any atom is -0.508 e. The number of aromatic nitrogens is 2. The van der Waals surface area contributed by atoms with E-state index in [2.05, 4.69) is 24.5 Å². The molecule has 1 aliphatic rings. The van der Waals surface area contributed by atoms with E-state index in [0.717, 1.165) is 44.0 Å². The van der Waals surface area contributed by atoms with Crippen LogP contribution in [0.25, 0.3) is 0 Å². The largest absolute Gasteiger partial charge is 0.508 e. The van der Waals surface area contributed by atoms with Crippen molar-refractivity contribution in [1.82, 2.24) is 14.9 Å². The quantitative estimate of drug-likeness (QED) is 0.584. The highest BCUT2D eigenvalue weighted by Crippen LogP contribution is 2.25. The molecule has 162 valence electrons. The van der Waals surface area contributed by atoms with E-state index in [-0.39, 0.29) is 16.5 Å². The number of benzene rings is 2. The summed E-state index contributed by atoms with van der Waals surface area (Å²) in [5, 5.41) is 10.1. The van der Waals surface area contributed by atoms with Gasteiger partial charge in [-0.15, -0.1) is 0 Å². The van der Waals surface area contributed by atoms with Crippen LogP contribution < -0.4 is 9.62 Å². The van der Waals surface area contributed by atoms with Gasteiger partial charge in [-0.25, -0.2) is 18.4 Å². The summed E-state index contributed by atoms with van der Waals surface area (Å²) in [4.78, 5) is 12.4. The molecular weight excluding hydrogens is 438 g/mol. The number of sulfonamides is 1. The highest BCUT2D eigenvalue weighted by atomic mass is 35.5. The average molecular weight is 460 g/mol. The minimum atomic E-state index is -3.71. The third-order valence-corrected chi connectivity index (χ3v) is 6.86. The maximum absolute atomic E-state index is 12.5. The first-order valence-corrected chi connectivity index (χ1v) is 11.6. The van der Waals surface area contributed by atoms with Gasteiger partial charge in [0, 0.05) is 49.6 Å². The predicted octanol–water partition coefficient (Wildman–Crippen LogP) is 2.96. The van der Waals surface area contributed by atoms with Crippen LogP contribution in [0.5, 0.6) is 5.75 Å². The van der Waals surface area contributed by atoms with E-state index in [1.165, 1.54) is 18.6 Å². The molecule has 8 nitrogen and oxygen atoms in total. The van der Waals surface area contributed by atoms with E-state index in [1.54, 1.807) is 24.3 Å². The van der Waals surface area contributed by atoms with E-state index < -0.39 is 10.0 Å². The number of phenols is 1. The molecule has 0 radical (unpaired) electrons. The Morgan fingerprint density at radius 2 is 1.77 bits per heavy atom. The lowest BCUT2D eigenvalue weighted by molar-refractivity contribution is 0.250. The van der Waals surface area contributed by atoms with Crippen LogP contribution in [-0.2, 0) is 16.6 Å². The number of aromatic hydroxyl groups is 1. The summed E-state index contributed by atoms with van der Waals surface area (Å²) in [5.41, 5.74) is 1.96. The summed E-state index contributed by atoms with van der Waals surface area (Å²) in [6.45, 7) is 4.07. The Hall–Kier alpha value is -2.88. The van der Waals surface area contributed by atoms with Gasteiger partial charge in [-0.05, 0) is 48.0 Å². The van der Waals surface area contributed by atoms with Gasteiger partial charge in [-0.1, -0.05) is 17.7 Å². The summed E-state index contributed by atoms with van der Waals surface area (Å²) >= 11 is 6.22. The Labute approximate surface area is 186 Å². The molecule has 0 bridgehead atoms. The molecule has 0 spiro atoms. The number of piperazine rings is 1. The van der Waals surface area contributed by atoms with Crippen molar-refractivity contribution in [3.05, 3.63) is 71.6 Å². The van der Waals surface area contributed by atoms with Crippen LogP contribution in [0.2, 0.25) is 5.02 Å². The second kappa shape index (κ2) is 9.09. The number of nitrogens with one attached hydrogen (secondary N) is 1. The lowest BCUT2D eigenvalue weighted by Gasteiger charge is -2.36. The lowest BCUT2D eigenvalue weighted by Crippen LogP contribution is -2.46. The Morgan fingerprint density at radius 3 is 2.42 bits per heavy atom. The van der Waals surface area contributed by atoms with Gasteiger partial charge in [-0.3, -0.25) is 9.62 Å². The topological polar surface area (TPSA) is 98.7 Å². The maximum atomic E-state index is 12.5. The van der Waals surface area contributed by atoms with Gasteiger partial charge >= 0.3 is 0 Å². The Kier molecular flexibility index (Phi) is 6.26. The van der Waals surface area contributed by atoms with E-state index >= 15 is 0 Å². The molecule has 1 fully saturated rings. The summed E-state index contributed by atoms with van der Waals surface area (Å²) in [7, 11) is -3.71. The first-order valence-electron chi connectivity index (χ1n) is 9.74. The number of hydrogen-bond acceptors (Lipinski definition) is 7. The van der Waals surface area contributed by atoms with Crippen molar-refractivity contribution in [1.29, 1.82) is 0 Å². The molecule has 2 N–H and O–H groups in total. The summed E-state index contributed by atoms with van der Waals surface area (Å²) < 4.78 is 27.5. The molecule has 1 saturated heterocycles. The number of nitrogens with zero attached hydrogens (tertiary/aromatic N) is 4. The van der Waals surface area contributed by atoms with Crippen molar-refractivity contribution in [2.45, 2.75) is 11.4 Å². The molecular formula is C21H22ClN5O3S. The lowest BCUT2D eigenvalue weighted by atomic mass is 10.1. The summed E-state index contributed by atoms with van der Waals surface area (Å²) in [6, 6.07) is 13.4. The van der Waals surface area contributed by atoms with Gasteiger partial charge in [0.2, 0.25) is 0 Å². The third kappa shape index (κ3) is 5.25. The van der Waals surface area contributed by atoms with Crippen LogP contribution in [-0.4, -0.2) is 54.6 Å².